The maximum atomic E-state index is 12.1. The monoisotopic (exact) mass is 392 g/mol. The fraction of sp³-hybridized carbons (Fsp3) is 0.167. The van der Waals surface area contributed by atoms with Crippen LogP contribution in [-0.2, 0) is 16.1 Å². The van der Waals surface area contributed by atoms with Crippen LogP contribution in [0.3, 0.4) is 0 Å². The quantitative estimate of drug-likeness (QED) is 0.689. The van der Waals surface area contributed by atoms with Crippen LogP contribution in [0.4, 0.5) is 0 Å². The Bertz CT molecular complexity index is 1030. The molecular weight excluding hydrogens is 379 g/mol. The Hall–Kier alpha value is -2.41. The summed E-state index contributed by atoms with van der Waals surface area (Å²) in [5.74, 6) is -0.894. The second-order valence-electron chi connectivity index (χ2n) is 5.73. The first-order chi connectivity index (χ1) is 12.3. The predicted molar refractivity (Wildman–Crippen MR) is 97.4 cm³/mol. The minimum Gasteiger partial charge on any atom is -0.457 e. The second kappa shape index (κ2) is 7.45. The fourth-order valence-corrected chi connectivity index (χ4v) is 2.97. The zero-order valence-electron chi connectivity index (χ0n) is 13.6. The molecule has 6 nitrogen and oxygen atoms in total. The molecule has 1 atom stereocenters. The Kier molecular flexibility index (Phi) is 5.27. The van der Waals surface area contributed by atoms with Gasteiger partial charge >= 0.3 is 5.97 Å². The molecule has 0 saturated heterocycles. The Morgan fingerprint density at radius 1 is 1.23 bits per heavy atom. The van der Waals surface area contributed by atoms with E-state index in [-0.39, 0.29) is 23.4 Å². The minimum absolute atomic E-state index is 0.217. The third-order valence-electron chi connectivity index (χ3n) is 3.65. The van der Waals surface area contributed by atoms with E-state index < -0.39 is 12.1 Å². The minimum atomic E-state index is -1.55. The summed E-state index contributed by atoms with van der Waals surface area (Å²) in [6.45, 7) is 1.62. The third-order valence-corrected chi connectivity index (χ3v) is 4.08. The Morgan fingerprint density at radius 2 is 1.92 bits per heavy atom. The van der Waals surface area contributed by atoms with Crippen molar-refractivity contribution in [2.75, 3.05) is 0 Å². The number of hydrogen-bond acceptors (Lipinski definition) is 5. The fourth-order valence-electron chi connectivity index (χ4n) is 2.43. The summed E-state index contributed by atoms with van der Waals surface area (Å²) in [7, 11) is 0. The number of esters is 1. The molecule has 0 fully saturated rings. The van der Waals surface area contributed by atoms with Gasteiger partial charge < -0.3 is 9.84 Å². The van der Waals surface area contributed by atoms with Gasteiger partial charge in [-0.2, -0.15) is 0 Å². The Balaban J connectivity index is 1.76. The molecule has 1 unspecified atom stereocenters. The van der Waals surface area contributed by atoms with Crippen molar-refractivity contribution in [3.8, 4) is 0 Å². The molecule has 1 N–H and O–H groups in total. The number of aromatic nitrogens is 2. The molecule has 2 aromatic heterocycles. The lowest BCUT2D eigenvalue weighted by Crippen LogP contribution is -2.19. The highest BCUT2D eigenvalue weighted by atomic mass is 35.5. The number of aliphatic hydroxyl groups excluding tert-OH is 1. The molecule has 0 amide bonds. The van der Waals surface area contributed by atoms with Crippen molar-refractivity contribution in [3.05, 3.63) is 79.8 Å². The number of carbonyl (C=O) groups is 1. The maximum Gasteiger partial charge on any atom is 0.340 e. The summed E-state index contributed by atoms with van der Waals surface area (Å²) in [6.07, 6.45) is 0.128. The van der Waals surface area contributed by atoms with E-state index in [9.17, 15) is 14.7 Å². The molecule has 0 aliphatic rings. The SMILES string of the molecule is Cc1ccc2nc(COC(=O)C(O)c3cc(Cl)cc(Cl)c3)cc(=O)n2c1. The number of ether oxygens (including phenoxy) is 1. The zero-order chi connectivity index (χ0) is 18.8. The molecule has 1 aromatic carbocycles. The lowest BCUT2D eigenvalue weighted by atomic mass is 10.1. The molecule has 0 bridgehead atoms. The van der Waals surface area contributed by atoms with Crippen LogP contribution < -0.4 is 5.56 Å². The second-order valence-corrected chi connectivity index (χ2v) is 6.61. The summed E-state index contributed by atoms with van der Waals surface area (Å²) in [6, 6.07) is 9.13. The van der Waals surface area contributed by atoms with Crippen molar-refractivity contribution in [2.45, 2.75) is 19.6 Å². The van der Waals surface area contributed by atoms with Crippen molar-refractivity contribution >= 4 is 34.8 Å². The van der Waals surface area contributed by atoms with Crippen LogP contribution in [0.15, 0.2) is 47.4 Å². The number of pyridine rings is 1. The van der Waals surface area contributed by atoms with Crippen LogP contribution in [0.2, 0.25) is 10.0 Å². The molecule has 2 heterocycles. The van der Waals surface area contributed by atoms with Gasteiger partial charge in [-0.25, -0.2) is 9.78 Å². The topological polar surface area (TPSA) is 80.9 Å². The van der Waals surface area contributed by atoms with E-state index >= 15 is 0 Å². The molecular formula is C18H14Cl2N2O4. The van der Waals surface area contributed by atoms with Crippen LogP contribution in [0.5, 0.6) is 0 Å². The first kappa shape index (κ1) is 18.4. The van der Waals surface area contributed by atoms with Crippen molar-refractivity contribution in [2.24, 2.45) is 0 Å². The number of benzene rings is 1. The number of fused-ring (bicyclic) bond motifs is 1. The first-order valence-corrected chi connectivity index (χ1v) is 8.39. The van der Waals surface area contributed by atoms with E-state index in [1.54, 1.807) is 12.3 Å². The van der Waals surface area contributed by atoms with Crippen molar-refractivity contribution < 1.29 is 14.6 Å². The normalized spacial score (nSPS) is 12.2. The number of halogens is 2. The summed E-state index contributed by atoms with van der Waals surface area (Å²) >= 11 is 11.7. The van der Waals surface area contributed by atoms with Gasteiger partial charge in [-0.3, -0.25) is 9.20 Å². The smallest absolute Gasteiger partial charge is 0.340 e. The average molecular weight is 393 g/mol. The molecule has 0 aliphatic heterocycles. The average Bonchev–Trinajstić information content (AvgIpc) is 2.58. The molecule has 0 radical (unpaired) electrons. The molecule has 0 saturated carbocycles. The molecule has 26 heavy (non-hydrogen) atoms. The number of hydrogen-bond donors (Lipinski definition) is 1. The number of nitrogens with zero attached hydrogens (tertiary/aromatic N) is 2. The Labute approximate surface area is 158 Å². The molecule has 0 spiro atoms. The highest BCUT2D eigenvalue weighted by Crippen LogP contribution is 2.24. The van der Waals surface area contributed by atoms with Gasteiger partial charge in [-0.15, -0.1) is 0 Å². The van der Waals surface area contributed by atoms with E-state index in [2.05, 4.69) is 4.98 Å². The molecule has 134 valence electrons. The van der Waals surface area contributed by atoms with Crippen LogP contribution in [0.25, 0.3) is 5.65 Å². The van der Waals surface area contributed by atoms with E-state index in [1.807, 2.05) is 13.0 Å². The van der Waals surface area contributed by atoms with Gasteiger partial charge in [0.1, 0.15) is 12.3 Å². The largest absolute Gasteiger partial charge is 0.457 e. The van der Waals surface area contributed by atoms with E-state index in [4.69, 9.17) is 27.9 Å². The summed E-state index contributed by atoms with van der Waals surface area (Å²) in [5.41, 5.74) is 1.57. The summed E-state index contributed by atoms with van der Waals surface area (Å²) in [4.78, 5) is 28.5. The highest BCUT2D eigenvalue weighted by molar-refractivity contribution is 6.34. The number of rotatable bonds is 4. The van der Waals surface area contributed by atoms with Crippen LogP contribution in [0, 0.1) is 6.92 Å². The van der Waals surface area contributed by atoms with Crippen LogP contribution >= 0.6 is 23.2 Å². The lowest BCUT2D eigenvalue weighted by molar-refractivity contribution is -0.155. The lowest BCUT2D eigenvalue weighted by Gasteiger charge is -2.12. The molecule has 3 rings (SSSR count). The molecule has 0 aliphatic carbocycles. The molecule has 8 heteroatoms. The number of aryl methyl sites for hydroxylation is 1. The van der Waals surface area contributed by atoms with Gasteiger partial charge in [0, 0.05) is 22.3 Å². The zero-order valence-corrected chi connectivity index (χ0v) is 15.2. The number of carbonyl (C=O) groups excluding carboxylic acids is 1. The predicted octanol–water partition coefficient (Wildman–Crippen LogP) is 3.09. The van der Waals surface area contributed by atoms with E-state index in [0.29, 0.717) is 15.7 Å². The van der Waals surface area contributed by atoms with Gasteiger partial charge in [0.15, 0.2) is 6.10 Å². The van der Waals surface area contributed by atoms with Crippen LogP contribution in [-0.4, -0.2) is 20.5 Å². The third kappa shape index (κ3) is 4.04. The summed E-state index contributed by atoms with van der Waals surface area (Å²) in [5, 5.41) is 10.7. The van der Waals surface area contributed by atoms with Crippen molar-refractivity contribution in [1.82, 2.24) is 9.38 Å². The van der Waals surface area contributed by atoms with E-state index in [1.165, 1.54) is 28.7 Å². The standard InChI is InChI=1S/C18H14Cl2N2O4/c1-10-2-3-15-21-14(7-16(23)22(15)8-10)9-26-18(25)17(24)11-4-12(19)6-13(20)5-11/h2-8,17,24H,9H2,1H3. The highest BCUT2D eigenvalue weighted by Gasteiger charge is 2.20. The maximum absolute atomic E-state index is 12.1. The molecule has 3 aromatic rings. The van der Waals surface area contributed by atoms with Gasteiger partial charge in [0.05, 0.1) is 5.69 Å². The van der Waals surface area contributed by atoms with Crippen molar-refractivity contribution in [3.63, 3.8) is 0 Å². The number of aliphatic hydroxyl groups is 1. The van der Waals surface area contributed by atoms with E-state index in [0.717, 1.165) is 5.56 Å². The van der Waals surface area contributed by atoms with Gasteiger partial charge in [0.25, 0.3) is 5.56 Å². The summed E-state index contributed by atoms with van der Waals surface area (Å²) < 4.78 is 6.47. The van der Waals surface area contributed by atoms with Gasteiger partial charge in [-0.1, -0.05) is 29.3 Å². The van der Waals surface area contributed by atoms with Crippen LogP contribution in [0.1, 0.15) is 22.9 Å². The Morgan fingerprint density at radius 3 is 2.62 bits per heavy atom. The van der Waals surface area contributed by atoms with Crippen molar-refractivity contribution in [1.29, 1.82) is 0 Å². The van der Waals surface area contributed by atoms with Gasteiger partial charge in [-0.05, 0) is 42.3 Å². The first-order valence-electron chi connectivity index (χ1n) is 7.63. The van der Waals surface area contributed by atoms with Gasteiger partial charge in [0.2, 0.25) is 0 Å².